The van der Waals surface area contributed by atoms with E-state index in [4.69, 9.17) is 10.8 Å². The number of amides is 6. The molecular formula is C33H54N6O8. The Balaban J connectivity index is 0.000000397. The summed E-state index contributed by atoms with van der Waals surface area (Å²) in [6.45, 7) is 14.1. The lowest BCUT2D eigenvalue weighted by molar-refractivity contribution is -0.131. The zero-order chi connectivity index (χ0) is 35.6. The molecular weight excluding hydrogens is 608 g/mol. The lowest BCUT2D eigenvalue weighted by atomic mass is 10.1. The van der Waals surface area contributed by atoms with Crippen molar-refractivity contribution in [1.82, 2.24) is 20.9 Å². The summed E-state index contributed by atoms with van der Waals surface area (Å²) in [5.41, 5.74) is 6.08. The van der Waals surface area contributed by atoms with Crippen LogP contribution in [-0.2, 0) is 30.5 Å². The molecule has 1 heterocycles. The lowest BCUT2D eigenvalue weighted by Gasteiger charge is -2.27. The van der Waals surface area contributed by atoms with Crippen LogP contribution in [0.5, 0.6) is 0 Å². The number of benzene rings is 1. The number of nitrogens with one attached hydrogen (secondary N) is 4. The Bertz CT molecular complexity index is 1180. The van der Waals surface area contributed by atoms with Crippen molar-refractivity contribution < 1.29 is 38.6 Å². The summed E-state index contributed by atoms with van der Waals surface area (Å²) in [5.74, 6) is 1.85. The van der Waals surface area contributed by atoms with Gasteiger partial charge in [0.2, 0.25) is 24.1 Å². The molecule has 0 bridgehead atoms. The number of hydrogen-bond donors (Lipinski definition) is 6. The minimum atomic E-state index is -1.34. The highest BCUT2D eigenvalue weighted by molar-refractivity contribution is 5.93. The molecule has 7 N–H and O–H groups in total. The van der Waals surface area contributed by atoms with Gasteiger partial charge < -0.3 is 41.7 Å². The molecule has 4 unspecified atom stereocenters. The Kier molecular flexibility index (Phi) is 17.9. The summed E-state index contributed by atoms with van der Waals surface area (Å²) >= 11 is 0. The third-order valence-electron chi connectivity index (χ3n) is 8.61. The molecule has 1 aliphatic heterocycles. The van der Waals surface area contributed by atoms with E-state index in [0.29, 0.717) is 54.3 Å². The van der Waals surface area contributed by atoms with Gasteiger partial charge in [-0.3, -0.25) is 19.2 Å². The summed E-state index contributed by atoms with van der Waals surface area (Å²) in [7, 11) is 0. The number of piperidine rings is 1. The summed E-state index contributed by atoms with van der Waals surface area (Å²) < 4.78 is 4.38. The molecule has 0 spiro atoms. The van der Waals surface area contributed by atoms with Crippen molar-refractivity contribution in [1.29, 1.82) is 0 Å². The smallest absolute Gasteiger partial charge is 0.450 e. The molecule has 1 aliphatic carbocycles. The first-order valence-electron chi connectivity index (χ1n) is 16.2. The van der Waals surface area contributed by atoms with E-state index in [1.54, 1.807) is 24.3 Å². The third kappa shape index (κ3) is 14.7. The van der Waals surface area contributed by atoms with E-state index in [-0.39, 0.29) is 36.5 Å². The maximum Gasteiger partial charge on any atom is 0.506 e. The van der Waals surface area contributed by atoms with Gasteiger partial charge in [-0.15, -0.1) is 0 Å². The van der Waals surface area contributed by atoms with Crippen molar-refractivity contribution >= 4 is 42.0 Å². The number of nitrogens with two attached hydrogens (primary N) is 1. The van der Waals surface area contributed by atoms with Gasteiger partial charge in [0, 0.05) is 43.2 Å². The Morgan fingerprint density at radius 3 is 2.28 bits per heavy atom. The molecule has 6 amide bonds. The Morgan fingerprint density at radius 1 is 1.11 bits per heavy atom. The summed E-state index contributed by atoms with van der Waals surface area (Å²) in [6, 6.07) is 6.28. The standard InChI is InChI=1S/C18H32N2O2.C11H12N2O5.C4H10N2O/c1-12(2)14(4)19-16(21)9-7-6-8-10-20-17(22)11-15-13(3)18(15,20)5;14-7-12-5-10(15)13-9-3-1-8(2-4-9)6-18-11(16)17;1-2-3-6-4(5)7/h12-15H,6-11H2,1-5H3,(H,19,21);1-4,7H,5-6H2,(H,12,14)(H,13,15)(H,16,17);2-3H2,1H3,(H3,5,6,7). The van der Waals surface area contributed by atoms with E-state index in [2.05, 4.69) is 65.5 Å². The fourth-order valence-electron chi connectivity index (χ4n) is 5.22. The van der Waals surface area contributed by atoms with Crippen LogP contribution < -0.4 is 27.0 Å². The summed E-state index contributed by atoms with van der Waals surface area (Å²) in [4.78, 5) is 67.1. The van der Waals surface area contributed by atoms with Gasteiger partial charge in [-0.2, -0.15) is 0 Å². The van der Waals surface area contributed by atoms with Gasteiger partial charge in [-0.25, -0.2) is 9.59 Å². The average molecular weight is 663 g/mol. The van der Waals surface area contributed by atoms with Crippen molar-refractivity contribution in [2.24, 2.45) is 23.5 Å². The number of nitrogens with zero attached hydrogens (tertiary/aromatic N) is 1. The predicted molar refractivity (Wildman–Crippen MR) is 178 cm³/mol. The molecule has 1 aromatic carbocycles. The molecule has 14 nitrogen and oxygen atoms in total. The highest BCUT2D eigenvalue weighted by atomic mass is 16.7. The molecule has 2 aliphatic rings. The summed E-state index contributed by atoms with van der Waals surface area (Å²) in [5, 5.41) is 18.6. The quantitative estimate of drug-likeness (QED) is 0.0873. The molecule has 0 radical (unpaired) electrons. The second-order valence-corrected chi connectivity index (χ2v) is 12.4. The predicted octanol–water partition coefficient (Wildman–Crippen LogP) is 3.59. The minimum Gasteiger partial charge on any atom is -0.450 e. The van der Waals surface area contributed by atoms with E-state index in [1.165, 1.54) is 0 Å². The minimum absolute atomic E-state index is 0.0454. The van der Waals surface area contributed by atoms with Crippen molar-refractivity contribution in [3.8, 4) is 0 Å². The first-order chi connectivity index (χ1) is 22.2. The van der Waals surface area contributed by atoms with Crippen LogP contribution in [0, 0.1) is 17.8 Å². The van der Waals surface area contributed by atoms with Gasteiger partial charge in [-0.05, 0) is 68.6 Å². The molecule has 1 saturated heterocycles. The van der Waals surface area contributed by atoms with Gasteiger partial charge in [0.25, 0.3) is 0 Å². The maximum absolute atomic E-state index is 12.0. The fraction of sp³-hybridized carbons (Fsp3) is 0.636. The first kappa shape index (κ1) is 40.7. The van der Waals surface area contributed by atoms with Crippen molar-refractivity contribution in [2.75, 3.05) is 25.0 Å². The zero-order valence-corrected chi connectivity index (χ0v) is 28.6. The van der Waals surface area contributed by atoms with Crippen molar-refractivity contribution in [3.05, 3.63) is 29.8 Å². The summed E-state index contributed by atoms with van der Waals surface area (Å²) in [6.07, 6.45) is 4.31. The van der Waals surface area contributed by atoms with Gasteiger partial charge in [0.1, 0.15) is 6.61 Å². The van der Waals surface area contributed by atoms with Crippen LogP contribution >= 0.6 is 0 Å². The average Bonchev–Trinajstić information content (AvgIpc) is 3.40. The van der Waals surface area contributed by atoms with Crippen LogP contribution in [0.1, 0.15) is 85.6 Å². The third-order valence-corrected chi connectivity index (χ3v) is 8.61. The van der Waals surface area contributed by atoms with Crippen LogP contribution in [0.3, 0.4) is 0 Å². The highest BCUT2D eigenvalue weighted by Gasteiger charge is 2.67. The number of primary amides is 1. The second kappa shape index (κ2) is 20.7. The number of carboxylic acid groups (broad SMARTS) is 1. The SMILES string of the molecule is CC(C)C(C)NC(=O)CCCCCN1C(=O)CC2C(C)C21C.CCCNC(N)=O.O=CNCC(=O)Nc1ccc(COC(=O)O)cc1. The molecule has 1 aromatic rings. The molecule has 14 heteroatoms. The zero-order valence-electron chi connectivity index (χ0n) is 28.6. The second-order valence-electron chi connectivity index (χ2n) is 12.4. The van der Waals surface area contributed by atoms with Crippen LogP contribution in [0.4, 0.5) is 15.3 Å². The maximum atomic E-state index is 12.0. The first-order valence-corrected chi connectivity index (χ1v) is 16.2. The number of urea groups is 1. The lowest BCUT2D eigenvalue weighted by Crippen LogP contribution is -2.38. The van der Waals surface area contributed by atoms with Gasteiger partial charge >= 0.3 is 12.2 Å². The van der Waals surface area contributed by atoms with Gasteiger partial charge in [0.15, 0.2) is 0 Å². The van der Waals surface area contributed by atoms with Gasteiger partial charge in [-0.1, -0.05) is 46.2 Å². The van der Waals surface area contributed by atoms with E-state index < -0.39 is 12.2 Å². The van der Waals surface area contributed by atoms with Gasteiger partial charge in [0.05, 0.1) is 6.54 Å². The van der Waals surface area contributed by atoms with Crippen LogP contribution in [0.25, 0.3) is 0 Å². The van der Waals surface area contributed by atoms with E-state index in [1.807, 2.05) is 6.92 Å². The van der Waals surface area contributed by atoms with E-state index in [0.717, 1.165) is 38.6 Å². The monoisotopic (exact) mass is 662 g/mol. The number of rotatable bonds is 16. The molecule has 2 fully saturated rings. The van der Waals surface area contributed by atoms with E-state index >= 15 is 0 Å². The Labute approximate surface area is 277 Å². The highest BCUT2D eigenvalue weighted by Crippen LogP contribution is 2.60. The Hall–Kier alpha value is -4.36. The van der Waals surface area contributed by atoms with E-state index in [9.17, 15) is 28.8 Å². The number of carbonyl (C=O) groups is 6. The number of fused-ring (bicyclic) bond motifs is 1. The number of hydrogen-bond acceptors (Lipinski definition) is 7. The number of carbonyl (C=O) groups excluding carboxylic acids is 5. The van der Waals surface area contributed by atoms with Crippen LogP contribution in [0.15, 0.2) is 24.3 Å². The van der Waals surface area contributed by atoms with Crippen LogP contribution in [-0.4, -0.2) is 77.5 Å². The Morgan fingerprint density at radius 2 is 1.77 bits per heavy atom. The molecule has 3 rings (SSSR count). The number of ether oxygens (including phenoxy) is 1. The topological polar surface area (TPSA) is 209 Å². The molecule has 1 saturated carbocycles. The molecule has 0 aromatic heterocycles. The van der Waals surface area contributed by atoms with Crippen molar-refractivity contribution in [3.63, 3.8) is 0 Å². The molecule has 4 atom stereocenters. The number of likely N-dealkylation sites (tertiary alicyclic amines) is 1. The fourth-order valence-corrected chi connectivity index (χ4v) is 5.22. The molecule has 47 heavy (non-hydrogen) atoms. The normalized spacial score (nSPS) is 19.5. The van der Waals surface area contributed by atoms with Crippen molar-refractivity contribution in [2.45, 2.75) is 98.3 Å². The molecule has 264 valence electrons. The largest absolute Gasteiger partial charge is 0.506 e. The number of anilines is 1. The number of unbranched alkanes of at least 4 members (excludes halogenated alkanes) is 2. The van der Waals surface area contributed by atoms with Crippen LogP contribution in [0.2, 0.25) is 0 Å².